The maximum atomic E-state index is 6.09. The highest BCUT2D eigenvalue weighted by Gasteiger charge is 2.29. The minimum atomic E-state index is 0.530. The zero-order chi connectivity index (χ0) is 13.5. The van der Waals surface area contributed by atoms with E-state index >= 15 is 0 Å². The average Bonchev–Trinajstić information content (AvgIpc) is 3.20. The molecule has 6 heteroatoms. The highest BCUT2D eigenvalue weighted by molar-refractivity contribution is 5.51. The first-order valence-corrected chi connectivity index (χ1v) is 7.16. The molecule has 0 atom stereocenters. The number of rotatable bonds is 3. The number of nitrogen functional groups attached to an aromatic ring is 1. The maximum absolute atomic E-state index is 6.09. The molecule has 4 rings (SSSR count). The zero-order valence-electron chi connectivity index (χ0n) is 11.4. The van der Waals surface area contributed by atoms with Gasteiger partial charge in [-0.25, -0.2) is 4.68 Å². The van der Waals surface area contributed by atoms with Crippen LogP contribution in [-0.4, -0.2) is 31.7 Å². The minimum absolute atomic E-state index is 0.530. The lowest BCUT2D eigenvalue weighted by Crippen LogP contribution is -2.31. The number of hydrogen-bond acceptors (Lipinski definition) is 5. The second-order valence-corrected chi connectivity index (χ2v) is 5.72. The third kappa shape index (κ3) is 2.06. The van der Waals surface area contributed by atoms with E-state index < -0.39 is 0 Å². The summed E-state index contributed by atoms with van der Waals surface area (Å²) in [6.07, 6.45) is 3.45. The van der Waals surface area contributed by atoms with Crippen molar-refractivity contribution in [2.45, 2.75) is 38.4 Å². The van der Waals surface area contributed by atoms with Gasteiger partial charge in [0.05, 0.1) is 12.6 Å². The van der Waals surface area contributed by atoms with Gasteiger partial charge in [-0.15, -0.1) is 5.10 Å². The molecular formula is C14H18N6. The molecule has 0 spiro atoms. The van der Waals surface area contributed by atoms with E-state index in [2.05, 4.69) is 26.5 Å². The van der Waals surface area contributed by atoms with Crippen molar-refractivity contribution in [3.63, 3.8) is 0 Å². The average molecular weight is 270 g/mol. The predicted molar refractivity (Wildman–Crippen MR) is 74.8 cm³/mol. The van der Waals surface area contributed by atoms with Crippen molar-refractivity contribution in [1.82, 2.24) is 25.1 Å². The van der Waals surface area contributed by atoms with Gasteiger partial charge in [0.1, 0.15) is 0 Å². The Bertz CT molecular complexity index is 630. The molecule has 2 aliphatic rings. The summed E-state index contributed by atoms with van der Waals surface area (Å²) in [6.45, 7) is 2.73. The Morgan fingerprint density at radius 3 is 3.05 bits per heavy atom. The van der Waals surface area contributed by atoms with Crippen molar-refractivity contribution >= 4 is 5.69 Å². The third-order valence-electron chi connectivity index (χ3n) is 4.21. The van der Waals surface area contributed by atoms with Crippen LogP contribution in [0.25, 0.3) is 0 Å². The first kappa shape index (κ1) is 11.8. The number of fused-ring (bicyclic) bond motifs is 1. The molecule has 20 heavy (non-hydrogen) atoms. The molecule has 1 aliphatic carbocycles. The van der Waals surface area contributed by atoms with Crippen molar-refractivity contribution < 1.29 is 0 Å². The molecule has 2 N–H and O–H groups in total. The van der Waals surface area contributed by atoms with E-state index in [-0.39, 0.29) is 0 Å². The fourth-order valence-corrected chi connectivity index (χ4v) is 2.92. The van der Waals surface area contributed by atoms with Gasteiger partial charge < -0.3 is 5.73 Å². The largest absolute Gasteiger partial charge is 0.398 e. The van der Waals surface area contributed by atoms with Crippen LogP contribution >= 0.6 is 0 Å². The lowest BCUT2D eigenvalue weighted by Gasteiger charge is -2.29. The Kier molecular flexibility index (Phi) is 2.70. The van der Waals surface area contributed by atoms with Crippen LogP contribution in [0, 0.1) is 0 Å². The van der Waals surface area contributed by atoms with Gasteiger partial charge in [0, 0.05) is 18.8 Å². The van der Waals surface area contributed by atoms with Gasteiger partial charge in [-0.3, -0.25) is 4.90 Å². The third-order valence-corrected chi connectivity index (χ3v) is 4.21. The molecule has 0 radical (unpaired) electrons. The van der Waals surface area contributed by atoms with E-state index in [1.165, 1.54) is 24.0 Å². The second-order valence-electron chi connectivity index (χ2n) is 5.72. The topological polar surface area (TPSA) is 72.9 Å². The Balaban J connectivity index is 1.53. The van der Waals surface area contributed by atoms with Gasteiger partial charge in [0.25, 0.3) is 0 Å². The summed E-state index contributed by atoms with van der Waals surface area (Å²) < 4.78 is 1.99. The first-order chi connectivity index (χ1) is 9.81. The van der Waals surface area contributed by atoms with Crippen LogP contribution in [0.5, 0.6) is 0 Å². The summed E-state index contributed by atoms with van der Waals surface area (Å²) in [5.41, 5.74) is 9.64. The van der Waals surface area contributed by atoms with Gasteiger partial charge in [-0.1, -0.05) is 12.1 Å². The van der Waals surface area contributed by atoms with Crippen LogP contribution in [0.15, 0.2) is 18.2 Å². The molecule has 1 saturated carbocycles. The quantitative estimate of drug-likeness (QED) is 0.847. The van der Waals surface area contributed by atoms with Crippen LogP contribution in [0.1, 0.15) is 35.8 Å². The van der Waals surface area contributed by atoms with Gasteiger partial charge in [-0.2, -0.15) is 0 Å². The smallest absolute Gasteiger partial charge is 0.165 e. The maximum Gasteiger partial charge on any atom is 0.165 e. The number of aromatic nitrogens is 4. The molecule has 1 aliphatic heterocycles. The number of benzene rings is 1. The van der Waals surface area contributed by atoms with Gasteiger partial charge in [-0.05, 0) is 46.9 Å². The molecule has 0 unspecified atom stereocenters. The normalized spacial score (nSPS) is 19.0. The Morgan fingerprint density at radius 2 is 2.20 bits per heavy atom. The van der Waals surface area contributed by atoms with Crippen LogP contribution in [0.3, 0.4) is 0 Å². The van der Waals surface area contributed by atoms with E-state index in [0.717, 1.165) is 37.6 Å². The summed E-state index contributed by atoms with van der Waals surface area (Å²) >= 11 is 0. The van der Waals surface area contributed by atoms with E-state index in [0.29, 0.717) is 6.04 Å². The fourth-order valence-electron chi connectivity index (χ4n) is 2.92. The summed E-state index contributed by atoms with van der Waals surface area (Å²) in [7, 11) is 0. The molecule has 104 valence electrons. The number of anilines is 1. The van der Waals surface area contributed by atoms with Crippen LogP contribution in [0.2, 0.25) is 0 Å². The molecular weight excluding hydrogens is 252 g/mol. The van der Waals surface area contributed by atoms with E-state index in [1.54, 1.807) is 0 Å². The number of nitrogens with two attached hydrogens (primary N) is 1. The predicted octanol–water partition coefficient (Wildman–Crippen LogP) is 1.15. The number of nitrogens with zero attached hydrogens (tertiary/aromatic N) is 5. The number of hydrogen-bond donors (Lipinski definition) is 1. The molecule has 1 fully saturated rings. The first-order valence-electron chi connectivity index (χ1n) is 7.16. The molecule has 0 amide bonds. The lowest BCUT2D eigenvalue weighted by atomic mass is 9.98. The second kappa shape index (κ2) is 4.56. The fraction of sp³-hybridized carbons (Fsp3) is 0.500. The molecule has 0 bridgehead atoms. The Morgan fingerprint density at radius 1 is 1.30 bits per heavy atom. The van der Waals surface area contributed by atoms with Crippen molar-refractivity contribution in [3.05, 3.63) is 35.2 Å². The van der Waals surface area contributed by atoms with Crippen molar-refractivity contribution in [2.75, 3.05) is 12.3 Å². The lowest BCUT2D eigenvalue weighted by molar-refractivity contribution is 0.235. The van der Waals surface area contributed by atoms with Crippen LogP contribution in [0.4, 0.5) is 5.69 Å². The van der Waals surface area contributed by atoms with Crippen LogP contribution in [-0.2, 0) is 19.5 Å². The summed E-state index contributed by atoms with van der Waals surface area (Å²) in [6, 6.07) is 6.73. The van der Waals surface area contributed by atoms with Gasteiger partial charge >= 0.3 is 0 Å². The van der Waals surface area contributed by atoms with Gasteiger partial charge in [0.15, 0.2) is 5.82 Å². The SMILES string of the molecule is Nc1cccc2c1CN(Cc1nnnn1C1CC1)CC2. The zero-order valence-corrected chi connectivity index (χ0v) is 11.4. The minimum Gasteiger partial charge on any atom is -0.398 e. The molecule has 1 aromatic carbocycles. The summed E-state index contributed by atoms with van der Waals surface area (Å²) in [4.78, 5) is 2.38. The van der Waals surface area contributed by atoms with E-state index in [1.807, 2.05) is 16.8 Å². The van der Waals surface area contributed by atoms with Crippen molar-refractivity contribution in [2.24, 2.45) is 0 Å². The molecule has 2 heterocycles. The standard InChI is InChI=1S/C14H18N6/c15-13-3-1-2-10-6-7-19(8-12(10)13)9-14-16-17-18-20(14)11-4-5-11/h1-3,11H,4-9,15H2. The molecule has 0 saturated heterocycles. The summed E-state index contributed by atoms with van der Waals surface area (Å²) in [5.74, 6) is 0.977. The number of tetrazole rings is 1. The molecule has 2 aromatic rings. The van der Waals surface area contributed by atoms with Crippen molar-refractivity contribution in [3.8, 4) is 0 Å². The Hall–Kier alpha value is -1.95. The van der Waals surface area contributed by atoms with Crippen LogP contribution < -0.4 is 5.73 Å². The highest BCUT2D eigenvalue weighted by Crippen LogP contribution is 2.34. The monoisotopic (exact) mass is 270 g/mol. The summed E-state index contributed by atoms with van der Waals surface area (Å²) in [5, 5.41) is 12.1. The molecule has 1 aromatic heterocycles. The van der Waals surface area contributed by atoms with Crippen molar-refractivity contribution in [1.29, 1.82) is 0 Å². The van der Waals surface area contributed by atoms with Gasteiger partial charge in [0.2, 0.25) is 0 Å². The highest BCUT2D eigenvalue weighted by atomic mass is 15.6. The Labute approximate surface area is 117 Å². The van der Waals surface area contributed by atoms with E-state index in [4.69, 9.17) is 5.73 Å². The van der Waals surface area contributed by atoms with E-state index in [9.17, 15) is 0 Å². The molecule has 6 nitrogen and oxygen atoms in total.